The zero-order chi connectivity index (χ0) is 11.5. The van der Waals surface area contributed by atoms with Gasteiger partial charge in [0.05, 0.1) is 6.42 Å². The maximum absolute atomic E-state index is 11.6. The van der Waals surface area contributed by atoms with Crippen LogP contribution in [0.5, 0.6) is 0 Å². The molecule has 1 aromatic carbocycles. The molecule has 1 aromatic rings. The van der Waals surface area contributed by atoms with Crippen LogP contribution in [0.3, 0.4) is 0 Å². The Morgan fingerprint density at radius 2 is 2.25 bits per heavy atom. The highest BCUT2D eigenvalue weighted by Crippen LogP contribution is 2.27. The molecular weight excluding hydrogens is 200 g/mol. The highest BCUT2D eigenvalue weighted by molar-refractivity contribution is 5.80. The van der Waals surface area contributed by atoms with Crippen molar-refractivity contribution in [3.63, 3.8) is 0 Å². The fourth-order valence-corrected chi connectivity index (χ4v) is 1.69. The lowest BCUT2D eigenvalue weighted by molar-refractivity contribution is -0.120. The molecule has 1 fully saturated rings. The molecular formula is C13H18N2O. The third-order valence-electron chi connectivity index (χ3n) is 2.94. The molecule has 3 nitrogen and oxygen atoms in total. The second kappa shape index (κ2) is 4.56. The van der Waals surface area contributed by atoms with Gasteiger partial charge in [-0.05, 0) is 42.9 Å². The summed E-state index contributed by atoms with van der Waals surface area (Å²) in [6, 6.07) is 5.82. The standard InChI is InChI=1S/C13H18N2O/c1-9-2-5-11(12(14)6-9)7-13(16)15-8-10-3-4-10/h2,5-6,10H,3-4,7-8,14H2,1H3,(H,15,16). The third-order valence-corrected chi connectivity index (χ3v) is 2.94. The Kier molecular flexibility index (Phi) is 3.13. The largest absolute Gasteiger partial charge is 0.398 e. The monoisotopic (exact) mass is 218 g/mol. The number of nitrogen functional groups attached to an aromatic ring is 1. The average Bonchev–Trinajstić information content (AvgIpc) is 3.03. The quantitative estimate of drug-likeness (QED) is 0.755. The molecule has 0 heterocycles. The fraction of sp³-hybridized carbons (Fsp3) is 0.462. The number of rotatable bonds is 4. The van der Waals surface area contributed by atoms with Crippen molar-refractivity contribution >= 4 is 11.6 Å². The van der Waals surface area contributed by atoms with Crippen LogP contribution >= 0.6 is 0 Å². The van der Waals surface area contributed by atoms with E-state index in [9.17, 15) is 4.79 Å². The van der Waals surface area contributed by atoms with E-state index in [4.69, 9.17) is 5.73 Å². The number of benzene rings is 1. The number of hydrogen-bond acceptors (Lipinski definition) is 2. The highest BCUT2D eigenvalue weighted by Gasteiger charge is 2.21. The van der Waals surface area contributed by atoms with Crippen molar-refractivity contribution < 1.29 is 4.79 Å². The number of anilines is 1. The van der Waals surface area contributed by atoms with Gasteiger partial charge in [0.25, 0.3) is 0 Å². The van der Waals surface area contributed by atoms with Crippen LogP contribution in [0.4, 0.5) is 5.69 Å². The summed E-state index contributed by atoms with van der Waals surface area (Å²) in [6.45, 7) is 2.82. The smallest absolute Gasteiger partial charge is 0.224 e. The number of carbonyl (C=O) groups is 1. The Labute approximate surface area is 96.0 Å². The van der Waals surface area contributed by atoms with E-state index >= 15 is 0 Å². The lowest BCUT2D eigenvalue weighted by atomic mass is 10.1. The van der Waals surface area contributed by atoms with Gasteiger partial charge in [-0.15, -0.1) is 0 Å². The van der Waals surface area contributed by atoms with Gasteiger partial charge in [0.15, 0.2) is 0 Å². The summed E-state index contributed by atoms with van der Waals surface area (Å²) in [5.41, 5.74) is 8.61. The number of carbonyl (C=O) groups excluding carboxylic acids is 1. The first-order chi connectivity index (χ1) is 7.65. The van der Waals surface area contributed by atoms with Gasteiger partial charge in [-0.2, -0.15) is 0 Å². The summed E-state index contributed by atoms with van der Waals surface area (Å²) in [5, 5.41) is 2.94. The molecule has 0 unspecified atom stereocenters. The Morgan fingerprint density at radius 3 is 2.88 bits per heavy atom. The summed E-state index contributed by atoms with van der Waals surface area (Å²) < 4.78 is 0. The predicted octanol–water partition coefficient (Wildman–Crippen LogP) is 1.65. The van der Waals surface area contributed by atoms with Crippen LogP contribution in [-0.4, -0.2) is 12.5 Å². The maximum atomic E-state index is 11.6. The summed E-state index contributed by atoms with van der Waals surface area (Å²) in [7, 11) is 0. The Balaban J connectivity index is 1.89. The first kappa shape index (κ1) is 11.0. The Bertz CT molecular complexity index is 397. The molecule has 0 bridgehead atoms. The Hall–Kier alpha value is -1.51. The Morgan fingerprint density at radius 1 is 1.50 bits per heavy atom. The normalized spacial score (nSPS) is 14.8. The summed E-state index contributed by atoms with van der Waals surface area (Å²) in [5.74, 6) is 0.793. The molecule has 3 heteroatoms. The van der Waals surface area contributed by atoms with Crippen molar-refractivity contribution in [1.29, 1.82) is 0 Å². The van der Waals surface area contributed by atoms with Crippen LogP contribution in [0.2, 0.25) is 0 Å². The second-order valence-electron chi connectivity index (χ2n) is 4.63. The molecule has 1 amide bonds. The van der Waals surface area contributed by atoms with E-state index in [-0.39, 0.29) is 5.91 Å². The molecule has 0 aliphatic heterocycles. The second-order valence-corrected chi connectivity index (χ2v) is 4.63. The summed E-state index contributed by atoms with van der Waals surface area (Å²) in [6.07, 6.45) is 2.90. The lowest BCUT2D eigenvalue weighted by Gasteiger charge is -2.07. The molecule has 2 rings (SSSR count). The first-order valence-corrected chi connectivity index (χ1v) is 5.77. The van der Waals surface area contributed by atoms with Gasteiger partial charge in [-0.1, -0.05) is 12.1 Å². The van der Waals surface area contributed by atoms with Gasteiger partial charge < -0.3 is 11.1 Å². The van der Waals surface area contributed by atoms with Gasteiger partial charge in [-0.3, -0.25) is 4.79 Å². The molecule has 86 valence electrons. The van der Waals surface area contributed by atoms with Crippen LogP contribution in [0.15, 0.2) is 18.2 Å². The molecule has 16 heavy (non-hydrogen) atoms. The van der Waals surface area contributed by atoms with Gasteiger partial charge in [0.1, 0.15) is 0 Å². The minimum absolute atomic E-state index is 0.0717. The minimum atomic E-state index is 0.0717. The number of aryl methyl sites for hydroxylation is 1. The van der Waals surface area contributed by atoms with E-state index in [2.05, 4.69) is 5.32 Å². The van der Waals surface area contributed by atoms with Crippen LogP contribution in [0, 0.1) is 12.8 Å². The number of amides is 1. The number of nitrogens with one attached hydrogen (secondary N) is 1. The zero-order valence-corrected chi connectivity index (χ0v) is 9.62. The first-order valence-electron chi connectivity index (χ1n) is 5.77. The van der Waals surface area contributed by atoms with E-state index in [0.717, 1.165) is 23.6 Å². The van der Waals surface area contributed by atoms with Crippen molar-refractivity contribution in [1.82, 2.24) is 5.32 Å². The number of hydrogen-bond donors (Lipinski definition) is 2. The van der Waals surface area contributed by atoms with Gasteiger partial charge in [-0.25, -0.2) is 0 Å². The average molecular weight is 218 g/mol. The minimum Gasteiger partial charge on any atom is -0.398 e. The topological polar surface area (TPSA) is 55.1 Å². The molecule has 0 spiro atoms. The van der Waals surface area contributed by atoms with Crippen molar-refractivity contribution in [3.8, 4) is 0 Å². The SMILES string of the molecule is Cc1ccc(CC(=O)NCC2CC2)c(N)c1. The predicted molar refractivity (Wildman–Crippen MR) is 65.0 cm³/mol. The molecule has 1 saturated carbocycles. The molecule has 0 aromatic heterocycles. The van der Waals surface area contributed by atoms with E-state index in [1.54, 1.807) is 0 Å². The van der Waals surface area contributed by atoms with E-state index in [0.29, 0.717) is 12.1 Å². The van der Waals surface area contributed by atoms with E-state index in [1.807, 2.05) is 25.1 Å². The van der Waals surface area contributed by atoms with E-state index < -0.39 is 0 Å². The molecule has 0 radical (unpaired) electrons. The summed E-state index contributed by atoms with van der Waals surface area (Å²) >= 11 is 0. The maximum Gasteiger partial charge on any atom is 0.224 e. The highest BCUT2D eigenvalue weighted by atomic mass is 16.1. The van der Waals surface area contributed by atoms with Gasteiger partial charge in [0, 0.05) is 12.2 Å². The molecule has 1 aliphatic carbocycles. The van der Waals surface area contributed by atoms with E-state index in [1.165, 1.54) is 12.8 Å². The zero-order valence-electron chi connectivity index (χ0n) is 9.62. The fourth-order valence-electron chi connectivity index (χ4n) is 1.69. The van der Waals surface area contributed by atoms with Crippen LogP contribution in [0.25, 0.3) is 0 Å². The van der Waals surface area contributed by atoms with Crippen LogP contribution < -0.4 is 11.1 Å². The van der Waals surface area contributed by atoms with Gasteiger partial charge >= 0.3 is 0 Å². The molecule has 0 saturated heterocycles. The van der Waals surface area contributed by atoms with Crippen LogP contribution in [-0.2, 0) is 11.2 Å². The lowest BCUT2D eigenvalue weighted by Crippen LogP contribution is -2.27. The number of nitrogens with two attached hydrogens (primary N) is 1. The molecule has 0 atom stereocenters. The van der Waals surface area contributed by atoms with Crippen molar-refractivity contribution in [2.24, 2.45) is 5.92 Å². The molecule has 3 N–H and O–H groups in total. The van der Waals surface area contributed by atoms with Crippen molar-refractivity contribution in [3.05, 3.63) is 29.3 Å². The van der Waals surface area contributed by atoms with Crippen LogP contribution in [0.1, 0.15) is 24.0 Å². The molecule has 1 aliphatic rings. The van der Waals surface area contributed by atoms with Crippen molar-refractivity contribution in [2.75, 3.05) is 12.3 Å². The third kappa shape index (κ3) is 2.99. The summed E-state index contributed by atoms with van der Waals surface area (Å²) in [4.78, 5) is 11.6. The van der Waals surface area contributed by atoms with Gasteiger partial charge in [0.2, 0.25) is 5.91 Å². The van der Waals surface area contributed by atoms with Crippen molar-refractivity contribution in [2.45, 2.75) is 26.2 Å².